The van der Waals surface area contributed by atoms with E-state index in [0.29, 0.717) is 34.2 Å². The average molecular weight is 312 g/mol. The third-order valence-corrected chi connectivity index (χ3v) is 3.12. The quantitative estimate of drug-likeness (QED) is 0.597. The van der Waals surface area contributed by atoms with Crippen molar-refractivity contribution in [1.82, 2.24) is 25.3 Å². The molecule has 0 atom stereocenters. The minimum absolute atomic E-state index is 0.139. The van der Waals surface area contributed by atoms with E-state index >= 15 is 0 Å². The van der Waals surface area contributed by atoms with Crippen LogP contribution in [0.3, 0.4) is 0 Å². The molecule has 0 saturated heterocycles. The lowest BCUT2D eigenvalue weighted by atomic mass is 10.3. The summed E-state index contributed by atoms with van der Waals surface area (Å²) in [6.07, 6.45) is 1.56. The van der Waals surface area contributed by atoms with Crippen molar-refractivity contribution in [3.8, 4) is 23.1 Å². The molecule has 0 bridgehead atoms. The van der Waals surface area contributed by atoms with Gasteiger partial charge in [-0.3, -0.25) is 0 Å². The molecule has 4 aromatic rings. The summed E-state index contributed by atoms with van der Waals surface area (Å²) in [6.45, 7) is 0. The average Bonchev–Trinajstić information content (AvgIpc) is 3.14. The topological polar surface area (TPSA) is 116 Å². The van der Waals surface area contributed by atoms with Crippen molar-refractivity contribution in [2.24, 2.45) is 0 Å². The lowest BCUT2D eigenvalue weighted by Gasteiger charge is -2.03. The van der Waals surface area contributed by atoms with E-state index in [2.05, 4.69) is 29.9 Å². The predicted molar refractivity (Wildman–Crippen MR) is 78.1 cm³/mol. The van der Waals surface area contributed by atoms with Gasteiger partial charge in [0.2, 0.25) is 5.88 Å². The molecule has 0 amide bonds. The first-order valence-electron chi connectivity index (χ1n) is 6.56. The maximum atomic E-state index is 12.9. The Morgan fingerprint density at radius 3 is 2.74 bits per heavy atom. The van der Waals surface area contributed by atoms with Gasteiger partial charge in [0.25, 0.3) is 0 Å². The van der Waals surface area contributed by atoms with E-state index in [1.807, 2.05) is 0 Å². The second-order valence-corrected chi connectivity index (χ2v) is 4.68. The first kappa shape index (κ1) is 13.2. The number of benzene rings is 1. The summed E-state index contributed by atoms with van der Waals surface area (Å²) in [6, 6.07) is 7.28. The zero-order valence-corrected chi connectivity index (χ0v) is 11.5. The molecule has 114 valence electrons. The molecule has 23 heavy (non-hydrogen) atoms. The molecule has 9 heteroatoms. The lowest BCUT2D eigenvalue weighted by Crippen LogP contribution is -1.89. The van der Waals surface area contributed by atoms with Gasteiger partial charge in [-0.2, -0.15) is 0 Å². The van der Waals surface area contributed by atoms with Gasteiger partial charge in [0.15, 0.2) is 17.3 Å². The number of anilines is 1. The van der Waals surface area contributed by atoms with E-state index in [1.54, 1.807) is 12.3 Å². The van der Waals surface area contributed by atoms with Crippen LogP contribution in [0.15, 0.2) is 41.2 Å². The lowest BCUT2D eigenvalue weighted by molar-refractivity contribution is 0.310. The van der Waals surface area contributed by atoms with E-state index in [1.165, 1.54) is 24.3 Å². The Balaban J connectivity index is 1.68. The largest absolute Gasteiger partial charge is 0.439 e. The number of aromatic nitrogens is 5. The Morgan fingerprint density at radius 2 is 2.00 bits per heavy atom. The number of hydrogen-bond acceptors (Lipinski definition) is 7. The second kappa shape index (κ2) is 5.05. The Labute approximate surface area is 128 Å². The molecule has 3 N–H and O–H groups in total. The van der Waals surface area contributed by atoms with Crippen molar-refractivity contribution in [2.45, 2.75) is 0 Å². The minimum Gasteiger partial charge on any atom is -0.439 e. The Bertz CT molecular complexity index is 979. The monoisotopic (exact) mass is 312 g/mol. The molecular formula is C14H9FN6O2. The van der Waals surface area contributed by atoms with Gasteiger partial charge in [-0.05, 0) is 34.6 Å². The predicted octanol–water partition coefficient (Wildman–Crippen LogP) is 2.52. The number of nitrogens with one attached hydrogen (secondary N) is 1. The SMILES string of the molecule is Nc1nonc1-c1nc2cc(Oc3ccc(F)cc3)ncc2[nH]1. The Morgan fingerprint density at radius 1 is 1.17 bits per heavy atom. The first-order chi connectivity index (χ1) is 11.2. The molecule has 0 radical (unpaired) electrons. The highest BCUT2D eigenvalue weighted by atomic mass is 19.1. The molecule has 8 nitrogen and oxygen atoms in total. The number of fused-ring (bicyclic) bond motifs is 1. The Kier molecular flexibility index (Phi) is 2.90. The summed E-state index contributed by atoms with van der Waals surface area (Å²) >= 11 is 0. The normalized spacial score (nSPS) is 11.0. The van der Waals surface area contributed by atoms with Gasteiger partial charge in [-0.25, -0.2) is 19.0 Å². The van der Waals surface area contributed by atoms with Gasteiger partial charge in [-0.15, -0.1) is 0 Å². The number of aromatic amines is 1. The maximum Gasteiger partial charge on any atom is 0.221 e. The third-order valence-electron chi connectivity index (χ3n) is 3.12. The summed E-state index contributed by atoms with van der Waals surface area (Å²) in [7, 11) is 0. The summed E-state index contributed by atoms with van der Waals surface area (Å²) in [5, 5.41) is 7.19. The van der Waals surface area contributed by atoms with Gasteiger partial charge in [0.05, 0.1) is 17.2 Å². The van der Waals surface area contributed by atoms with Gasteiger partial charge in [0.1, 0.15) is 11.6 Å². The van der Waals surface area contributed by atoms with Crippen LogP contribution in [0.2, 0.25) is 0 Å². The fourth-order valence-corrected chi connectivity index (χ4v) is 2.04. The number of nitrogens with two attached hydrogens (primary N) is 1. The summed E-state index contributed by atoms with van der Waals surface area (Å²) in [5.41, 5.74) is 7.24. The standard InChI is InChI=1S/C14H9FN6O2/c15-7-1-3-8(4-2-7)22-11-5-9-10(6-17-11)19-14(18-9)12-13(16)21-23-20-12/h1-6H,(H2,16,21)(H,18,19). The van der Waals surface area contributed by atoms with Crippen LogP contribution in [-0.2, 0) is 0 Å². The van der Waals surface area contributed by atoms with Crippen LogP contribution in [0, 0.1) is 5.82 Å². The van der Waals surface area contributed by atoms with E-state index in [0.717, 1.165) is 0 Å². The van der Waals surface area contributed by atoms with Crippen LogP contribution < -0.4 is 10.5 Å². The molecule has 1 aromatic carbocycles. The highest BCUT2D eigenvalue weighted by molar-refractivity contribution is 5.80. The minimum atomic E-state index is -0.337. The molecular weight excluding hydrogens is 303 g/mol. The Hall–Kier alpha value is -3.49. The number of nitrogens with zero attached hydrogens (tertiary/aromatic N) is 4. The number of rotatable bonds is 3. The van der Waals surface area contributed by atoms with Gasteiger partial charge in [0, 0.05) is 6.07 Å². The van der Waals surface area contributed by atoms with Gasteiger partial charge >= 0.3 is 0 Å². The molecule has 0 saturated carbocycles. The van der Waals surface area contributed by atoms with Gasteiger partial charge in [-0.1, -0.05) is 0 Å². The molecule has 0 aliphatic heterocycles. The first-order valence-corrected chi connectivity index (χ1v) is 6.56. The number of hydrogen-bond donors (Lipinski definition) is 2. The van der Waals surface area contributed by atoms with E-state index in [-0.39, 0.29) is 11.6 Å². The van der Waals surface area contributed by atoms with E-state index in [9.17, 15) is 4.39 Å². The van der Waals surface area contributed by atoms with Crippen LogP contribution in [0.5, 0.6) is 11.6 Å². The zero-order chi connectivity index (χ0) is 15.8. The number of pyridine rings is 1. The van der Waals surface area contributed by atoms with Crippen molar-refractivity contribution in [3.63, 3.8) is 0 Å². The van der Waals surface area contributed by atoms with Crippen LogP contribution >= 0.6 is 0 Å². The number of halogens is 1. The smallest absolute Gasteiger partial charge is 0.221 e. The molecule has 0 fully saturated rings. The van der Waals surface area contributed by atoms with Crippen LogP contribution in [0.25, 0.3) is 22.6 Å². The molecule has 0 aliphatic rings. The maximum absolute atomic E-state index is 12.9. The number of imidazole rings is 1. The second-order valence-electron chi connectivity index (χ2n) is 4.68. The number of ether oxygens (including phenoxy) is 1. The van der Waals surface area contributed by atoms with Crippen LogP contribution in [0.4, 0.5) is 10.2 Å². The van der Waals surface area contributed by atoms with Crippen molar-refractivity contribution in [2.75, 3.05) is 5.73 Å². The van der Waals surface area contributed by atoms with Crippen molar-refractivity contribution >= 4 is 16.9 Å². The highest BCUT2D eigenvalue weighted by Crippen LogP contribution is 2.25. The van der Waals surface area contributed by atoms with Crippen LogP contribution in [-0.4, -0.2) is 25.3 Å². The van der Waals surface area contributed by atoms with Crippen molar-refractivity contribution < 1.29 is 13.8 Å². The fraction of sp³-hybridized carbons (Fsp3) is 0. The summed E-state index contributed by atoms with van der Waals surface area (Å²) in [4.78, 5) is 11.5. The molecule has 3 aromatic heterocycles. The summed E-state index contributed by atoms with van der Waals surface area (Å²) in [5.74, 6) is 1.02. The number of nitrogen functional groups attached to an aromatic ring is 1. The van der Waals surface area contributed by atoms with Crippen molar-refractivity contribution in [1.29, 1.82) is 0 Å². The molecule has 0 spiro atoms. The molecule has 0 aliphatic carbocycles. The van der Waals surface area contributed by atoms with E-state index < -0.39 is 0 Å². The summed E-state index contributed by atoms with van der Waals surface area (Å²) < 4.78 is 23.0. The molecule has 3 heterocycles. The fourth-order valence-electron chi connectivity index (χ4n) is 2.04. The molecule has 4 rings (SSSR count). The van der Waals surface area contributed by atoms with E-state index in [4.69, 9.17) is 10.5 Å². The molecule has 0 unspecified atom stereocenters. The van der Waals surface area contributed by atoms with Gasteiger partial charge < -0.3 is 15.5 Å². The van der Waals surface area contributed by atoms with Crippen molar-refractivity contribution in [3.05, 3.63) is 42.3 Å². The van der Waals surface area contributed by atoms with Crippen LogP contribution in [0.1, 0.15) is 0 Å². The number of H-pyrrole nitrogens is 1. The third kappa shape index (κ3) is 2.44. The zero-order valence-electron chi connectivity index (χ0n) is 11.5. The highest BCUT2D eigenvalue weighted by Gasteiger charge is 2.14.